The van der Waals surface area contributed by atoms with E-state index in [2.05, 4.69) is 10.0 Å². The van der Waals surface area contributed by atoms with E-state index in [9.17, 15) is 15.0 Å². The van der Waals surface area contributed by atoms with E-state index in [4.69, 9.17) is 21.1 Å². The second kappa shape index (κ2) is 7.27. The fourth-order valence-electron chi connectivity index (χ4n) is 1.73. The lowest BCUT2D eigenvalue weighted by atomic mass is 9.97. The van der Waals surface area contributed by atoms with Crippen LogP contribution < -0.4 is 0 Å². The molecule has 0 radical (unpaired) electrons. The molecule has 0 aromatic heterocycles. The van der Waals surface area contributed by atoms with Gasteiger partial charge in [0.25, 0.3) is 0 Å². The molecule has 1 unspecified atom stereocenters. The van der Waals surface area contributed by atoms with Crippen molar-refractivity contribution in [2.75, 3.05) is 20.3 Å². The van der Waals surface area contributed by atoms with E-state index in [-0.39, 0.29) is 6.61 Å². The molecule has 1 fully saturated rings. The monoisotopic (exact) mass is 262 g/mol. The highest BCUT2D eigenvalue weighted by Crippen LogP contribution is 2.24. The molecule has 0 aromatic carbocycles. The minimum absolute atomic E-state index is 0.203. The number of ether oxygens (including phenoxy) is 3. The van der Waals surface area contributed by atoms with Crippen molar-refractivity contribution in [2.45, 2.75) is 30.6 Å². The number of methoxy groups -OCH3 is 1. The average molecular weight is 262 g/mol. The zero-order chi connectivity index (χ0) is 14.4. The van der Waals surface area contributed by atoms with Crippen LogP contribution in [0.15, 0.2) is 5.11 Å². The molecule has 1 saturated heterocycles. The number of hydrogen-bond acceptors (Lipinski definition) is 7. The van der Waals surface area contributed by atoms with Gasteiger partial charge in [-0.05, 0) is 5.53 Å². The zero-order valence-corrected chi connectivity index (χ0v) is 9.67. The SMILES string of the molecule is [2H]C(=O)COC[C@H]1OC(O)[C@H](N=[N+]=[N-])[C@@H](OC)[C@@H]1O. The van der Waals surface area contributed by atoms with Gasteiger partial charge in [0.2, 0.25) is 0 Å². The predicted octanol–water partition coefficient (Wildman–Crippen LogP) is -1.03. The number of aliphatic hydroxyl groups is 2. The van der Waals surface area contributed by atoms with E-state index < -0.39 is 43.5 Å². The Morgan fingerprint density at radius 2 is 2.39 bits per heavy atom. The number of aldehydes is 1. The summed E-state index contributed by atoms with van der Waals surface area (Å²) in [5, 5.41) is 22.9. The van der Waals surface area contributed by atoms with Gasteiger partial charge >= 0.3 is 0 Å². The molecule has 1 heterocycles. The summed E-state index contributed by atoms with van der Waals surface area (Å²) >= 11 is 0. The lowest BCUT2D eigenvalue weighted by Gasteiger charge is -2.40. The highest BCUT2D eigenvalue weighted by Gasteiger charge is 2.44. The summed E-state index contributed by atoms with van der Waals surface area (Å²) < 4.78 is 21.5. The first-order valence-electron chi connectivity index (χ1n) is 5.67. The maximum atomic E-state index is 10.4. The summed E-state index contributed by atoms with van der Waals surface area (Å²) in [5.41, 5.74) is 8.38. The van der Waals surface area contributed by atoms with E-state index in [1.807, 2.05) is 0 Å². The van der Waals surface area contributed by atoms with E-state index in [0.29, 0.717) is 0 Å². The number of carbonyl (C=O) groups excluding carboxylic acids is 1. The number of azide groups is 1. The Morgan fingerprint density at radius 1 is 1.67 bits per heavy atom. The van der Waals surface area contributed by atoms with Crippen LogP contribution in [0.25, 0.3) is 10.4 Å². The number of nitrogens with zero attached hydrogens (tertiary/aromatic N) is 3. The van der Waals surface area contributed by atoms with E-state index in [0.717, 1.165) is 0 Å². The molecule has 0 bridgehead atoms. The third-order valence-corrected chi connectivity index (χ3v) is 2.56. The summed E-state index contributed by atoms with van der Waals surface area (Å²) in [6.07, 6.45) is -5.49. The van der Waals surface area contributed by atoms with Crippen molar-refractivity contribution in [3.63, 3.8) is 0 Å². The second-order valence-electron chi connectivity index (χ2n) is 3.61. The summed E-state index contributed by atoms with van der Waals surface area (Å²) in [5.74, 6) is 0. The number of rotatable bonds is 6. The van der Waals surface area contributed by atoms with E-state index >= 15 is 0 Å². The predicted molar refractivity (Wildman–Crippen MR) is 57.5 cm³/mol. The van der Waals surface area contributed by atoms with Crippen LogP contribution in [0, 0.1) is 0 Å². The number of hydrogen-bond donors (Lipinski definition) is 2. The Balaban J connectivity index is 2.67. The fraction of sp³-hybridized carbons (Fsp3) is 0.889. The van der Waals surface area contributed by atoms with Crippen LogP contribution >= 0.6 is 0 Å². The lowest BCUT2D eigenvalue weighted by Crippen LogP contribution is -2.58. The van der Waals surface area contributed by atoms with Crippen LogP contribution in [0.4, 0.5) is 0 Å². The van der Waals surface area contributed by atoms with Crippen LogP contribution in [-0.4, -0.2) is 67.4 Å². The van der Waals surface area contributed by atoms with Gasteiger partial charge in [0, 0.05) is 12.0 Å². The van der Waals surface area contributed by atoms with Crippen molar-refractivity contribution in [2.24, 2.45) is 5.11 Å². The molecule has 0 aromatic rings. The van der Waals surface area contributed by atoms with Gasteiger partial charge in [-0.1, -0.05) is 5.11 Å². The van der Waals surface area contributed by atoms with Gasteiger partial charge in [0.05, 0.1) is 12.7 Å². The van der Waals surface area contributed by atoms with E-state index in [1.165, 1.54) is 7.11 Å². The highest BCUT2D eigenvalue weighted by molar-refractivity contribution is 5.50. The van der Waals surface area contributed by atoms with Gasteiger partial charge in [0.15, 0.2) is 6.29 Å². The first-order chi connectivity index (χ1) is 9.01. The molecule has 0 spiro atoms. The molecular formula is C9H15N3O6. The lowest BCUT2D eigenvalue weighted by molar-refractivity contribution is -0.255. The summed E-state index contributed by atoms with van der Waals surface area (Å²) in [6.45, 7) is -0.647. The molecule has 1 rings (SSSR count). The van der Waals surface area contributed by atoms with Crippen molar-refractivity contribution in [3.8, 4) is 0 Å². The Kier molecular flexibility index (Phi) is 5.34. The number of aliphatic hydroxyl groups excluding tert-OH is 2. The number of carbonyl (C=O) groups is 1. The maximum Gasteiger partial charge on any atom is 0.166 e. The fourth-order valence-corrected chi connectivity index (χ4v) is 1.73. The second-order valence-corrected chi connectivity index (χ2v) is 3.61. The third-order valence-electron chi connectivity index (χ3n) is 2.56. The Morgan fingerprint density at radius 3 is 2.94 bits per heavy atom. The van der Waals surface area contributed by atoms with Crippen molar-refractivity contribution >= 4 is 6.26 Å². The summed E-state index contributed by atoms with van der Waals surface area (Å²) in [6, 6.07) is -1.08. The topological polar surface area (TPSA) is 134 Å². The Hall–Kier alpha value is -1.22. The van der Waals surface area contributed by atoms with Crippen molar-refractivity contribution in [1.29, 1.82) is 0 Å². The summed E-state index contributed by atoms with van der Waals surface area (Å²) in [7, 11) is 1.29. The minimum Gasteiger partial charge on any atom is -0.388 e. The van der Waals surface area contributed by atoms with Gasteiger partial charge in [-0.2, -0.15) is 0 Å². The molecule has 2 N–H and O–H groups in total. The van der Waals surface area contributed by atoms with Gasteiger partial charge < -0.3 is 29.2 Å². The van der Waals surface area contributed by atoms with Gasteiger partial charge in [-0.3, -0.25) is 0 Å². The molecule has 1 aliphatic heterocycles. The van der Waals surface area contributed by atoms with Crippen molar-refractivity contribution in [1.82, 2.24) is 0 Å². The highest BCUT2D eigenvalue weighted by atomic mass is 16.6. The van der Waals surface area contributed by atoms with Crippen LogP contribution in [0.1, 0.15) is 1.37 Å². The van der Waals surface area contributed by atoms with Gasteiger partial charge in [-0.15, -0.1) is 0 Å². The van der Waals surface area contributed by atoms with Gasteiger partial charge in [-0.25, -0.2) is 0 Å². The van der Waals surface area contributed by atoms with Crippen LogP contribution in [0.5, 0.6) is 0 Å². The largest absolute Gasteiger partial charge is 0.388 e. The molecule has 102 valence electrons. The van der Waals surface area contributed by atoms with Crippen molar-refractivity contribution in [3.05, 3.63) is 10.4 Å². The van der Waals surface area contributed by atoms with E-state index in [1.54, 1.807) is 0 Å². The molecule has 0 saturated carbocycles. The molecule has 9 heteroatoms. The standard InChI is InChI=1S/C9H15N3O6/c1-16-8-6(11-12-10)9(15)18-5(7(8)14)4-17-3-2-13/h2,5-9,14-15H,3-4H2,1H3/t5-,6-,7-,8-,9?/m1/s1/i2D. The Labute approximate surface area is 104 Å². The zero-order valence-electron chi connectivity index (χ0n) is 10.7. The molecular weight excluding hydrogens is 246 g/mol. The first-order valence-corrected chi connectivity index (χ1v) is 5.17. The van der Waals surface area contributed by atoms with Crippen molar-refractivity contribution < 1.29 is 30.6 Å². The summed E-state index contributed by atoms with van der Waals surface area (Å²) in [4.78, 5) is 12.9. The molecule has 0 aliphatic carbocycles. The molecule has 1 aliphatic rings. The van der Waals surface area contributed by atoms with Crippen LogP contribution in [-0.2, 0) is 19.0 Å². The molecule has 18 heavy (non-hydrogen) atoms. The minimum atomic E-state index is -1.45. The smallest absolute Gasteiger partial charge is 0.166 e. The average Bonchev–Trinajstić information content (AvgIpc) is 2.35. The maximum absolute atomic E-state index is 10.4. The normalized spacial score (nSPS) is 36.6. The third kappa shape index (κ3) is 3.39. The molecule has 0 amide bonds. The Bertz CT molecular complexity index is 364. The van der Waals surface area contributed by atoms with Crippen LogP contribution in [0.2, 0.25) is 0 Å². The molecule has 9 nitrogen and oxygen atoms in total. The van der Waals surface area contributed by atoms with Crippen LogP contribution in [0.3, 0.4) is 0 Å². The molecule has 5 atom stereocenters. The van der Waals surface area contributed by atoms with Gasteiger partial charge in [0.1, 0.15) is 32.5 Å². The quantitative estimate of drug-likeness (QED) is 0.272. The first kappa shape index (κ1) is 13.2.